The van der Waals surface area contributed by atoms with Gasteiger partial charge in [-0.1, -0.05) is 0 Å². The van der Waals surface area contributed by atoms with Crippen molar-refractivity contribution in [1.82, 2.24) is 15.0 Å². The van der Waals surface area contributed by atoms with E-state index in [4.69, 9.17) is 15.0 Å². The van der Waals surface area contributed by atoms with Gasteiger partial charge in [-0.15, -0.1) is 0 Å². The van der Waals surface area contributed by atoms with Gasteiger partial charge in [0.05, 0.1) is 17.7 Å². The summed E-state index contributed by atoms with van der Waals surface area (Å²) >= 11 is 0. The fourth-order valence-electron chi connectivity index (χ4n) is 1.88. The minimum atomic E-state index is -4.73. The third kappa shape index (κ3) is 5.44. The number of rotatable bonds is 8. The first-order valence-corrected chi connectivity index (χ1v) is 10.0. The first kappa shape index (κ1) is 20.7. The van der Waals surface area contributed by atoms with Crippen LogP contribution in [-0.2, 0) is 20.2 Å². The Morgan fingerprint density at radius 3 is 2.30 bits per heavy atom. The molecular formula is C12H16N6O7S2. The molecular weight excluding hydrogens is 404 g/mol. The number of methoxy groups -OCH3 is 1. The highest BCUT2D eigenvalue weighted by molar-refractivity contribution is 7.86. The average molecular weight is 420 g/mol. The van der Waals surface area contributed by atoms with Gasteiger partial charge < -0.3 is 21.1 Å². The smallest absolute Gasteiger partial charge is 0.322 e. The van der Waals surface area contributed by atoms with Crippen LogP contribution >= 0.6 is 0 Å². The second kappa shape index (κ2) is 7.97. The Balaban J connectivity index is 2.54. The molecule has 13 nitrogen and oxygen atoms in total. The zero-order chi connectivity index (χ0) is 20.2. The molecule has 2 aromatic rings. The predicted octanol–water partition coefficient (Wildman–Crippen LogP) is -0.512. The van der Waals surface area contributed by atoms with E-state index in [1.165, 1.54) is 7.11 Å². The lowest BCUT2D eigenvalue weighted by Gasteiger charge is -2.12. The number of hydrogen-bond acceptors (Lipinski definition) is 11. The van der Waals surface area contributed by atoms with Crippen molar-refractivity contribution in [1.29, 1.82) is 0 Å². The maximum absolute atomic E-state index is 11.5. The molecule has 0 saturated heterocycles. The normalized spacial score (nSPS) is 11.9. The monoisotopic (exact) mass is 420 g/mol. The standard InChI is InChI=1S/C12H16N6O7S2/c1-25-12-17-10(14-5-4-13)16-11(18-12)15-8-6-7(26(19,20)21)2-3-9(8)27(22,23)24/h2-3,6H,4-5,13H2,1H3,(H,19,20,21)(H,22,23,24)(H2,14,15,16,17,18). The maximum Gasteiger partial charge on any atom is 0.322 e. The molecule has 0 amide bonds. The highest BCUT2D eigenvalue weighted by Gasteiger charge is 2.21. The lowest BCUT2D eigenvalue weighted by Crippen LogP contribution is -2.16. The van der Waals surface area contributed by atoms with Gasteiger partial charge in [0.15, 0.2) is 0 Å². The number of benzene rings is 1. The van der Waals surface area contributed by atoms with E-state index in [2.05, 4.69) is 25.6 Å². The van der Waals surface area contributed by atoms with Crippen LogP contribution in [0.2, 0.25) is 0 Å². The van der Waals surface area contributed by atoms with Gasteiger partial charge in [0.2, 0.25) is 11.9 Å². The van der Waals surface area contributed by atoms with Crippen LogP contribution in [0.1, 0.15) is 0 Å². The van der Waals surface area contributed by atoms with Gasteiger partial charge in [-0.05, 0) is 18.2 Å². The molecule has 1 aromatic heterocycles. The van der Waals surface area contributed by atoms with E-state index in [-0.39, 0.29) is 24.5 Å². The van der Waals surface area contributed by atoms with Crippen molar-refractivity contribution < 1.29 is 30.7 Å². The van der Waals surface area contributed by atoms with Crippen molar-refractivity contribution in [2.24, 2.45) is 5.73 Å². The molecule has 0 spiro atoms. The first-order chi connectivity index (χ1) is 12.5. The van der Waals surface area contributed by atoms with E-state index in [9.17, 15) is 21.4 Å². The maximum atomic E-state index is 11.5. The zero-order valence-electron chi connectivity index (χ0n) is 13.8. The van der Waals surface area contributed by atoms with Crippen LogP contribution in [0.4, 0.5) is 17.6 Å². The van der Waals surface area contributed by atoms with Crippen molar-refractivity contribution in [2.45, 2.75) is 9.79 Å². The van der Waals surface area contributed by atoms with Gasteiger partial charge in [0.1, 0.15) is 4.90 Å². The number of hydrogen-bond donors (Lipinski definition) is 5. The second-order valence-corrected chi connectivity index (χ2v) is 7.73. The average Bonchev–Trinajstić information content (AvgIpc) is 2.58. The summed E-state index contributed by atoms with van der Waals surface area (Å²) in [6, 6.07) is 2.27. The Kier molecular flexibility index (Phi) is 6.11. The number of nitrogens with two attached hydrogens (primary N) is 1. The summed E-state index contributed by atoms with van der Waals surface area (Å²) < 4.78 is 69.1. The third-order valence-electron chi connectivity index (χ3n) is 3.00. The fraction of sp³-hybridized carbons (Fsp3) is 0.250. The molecule has 0 unspecified atom stereocenters. The number of anilines is 3. The van der Waals surface area contributed by atoms with E-state index in [0.29, 0.717) is 6.54 Å². The number of nitrogens with one attached hydrogen (secondary N) is 2. The second-order valence-electron chi connectivity index (χ2n) is 4.92. The Bertz CT molecular complexity index is 1040. The van der Waals surface area contributed by atoms with Crippen molar-refractivity contribution in [3.63, 3.8) is 0 Å². The Hall–Kier alpha value is -2.59. The topological polar surface area (TPSA) is 207 Å². The van der Waals surface area contributed by atoms with E-state index in [0.717, 1.165) is 18.2 Å². The number of nitrogens with zero attached hydrogens (tertiary/aromatic N) is 3. The third-order valence-corrected chi connectivity index (χ3v) is 4.76. The van der Waals surface area contributed by atoms with Crippen molar-refractivity contribution >= 4 is 37.8 Å². The van der Waals surface area contributed by atoms with Gasteiger partial charge in [-0.3, -0.25) is 9.11 Å². The Labute approximate surface area is 154 Å². The summed E-state index contributed by atoms with van der Waals surface area (Å²) in [6.07, 6.45) is 0. The highest BCUT2D eigenvalue weighted by atomic mass is 32.2. The molecule has 0 saturated carbocycles. The SMILES string of the molecule is COc1nc(NCCN)nc(Nc2cc(S(=O)(=O)O)ccc2S(=O)(=O)O)n1. The van der Waals surface area contributed by atoms with Crippen molar-refractivity contribution in [3.8, 4) is 6.01 Å². The Morgan fingerprint density at radius 1 is 1.07 bits per heavy atom. The molecule has 1 aromatic carbocycles. The number of ether oxygens (including phenoxy) is 1. The minimum Gasteiger partial charge on any atom is -0.467 e. The Morgan fingerprint density at radius 2 is 1.74 bits per heavy atom. The fourth-order valence-corrected chi connectivity index (χ4v) is 3.01. The number of aromatic nitrogens is 3. The molecule has 27 heavy (non-hydrogen) atoms. The summed E-state index contributed by atoms with van der Waals surface area (Å²) in [7, 11) is -8.08. The van der Waals surface area contributed by atoms with Gasteiger partial charge in [-0.2, -0.15) is 31.8 Å². The van der Waals surface area contributed by atoms with Gasteiger partial charge in [0.25, 0.3) is 20.2 Å². The predicted molar refractivity (Wildman–Crippen MR) is 93.3 cm³/mol. The van der Waals surface area contributed by atoms with Crippen LogP contribution in [0.15, 0.2) is 28.0 Å². The molecule has 0 bridgehead atoms. The van der Waals surface area contributed by atoms with Crippen LogP contribution < -0.4 is 21.1 Å². The molecule has 0 atom stereocenters. The first-order valence-electron chi connectivity index (χ1n) is 7.14. The molecule has 2 rings (SSSR count). The molecule has 6 N–H and O–H groups in total. The minimum absolute atomic E-state index is 0.0501. The molecule has 1 heterocycles. The molecule has 0 aliphatic rings. The van der Waals surface area contributed by atoms with Crippen molar-refractivity contribution in [3.05, 3.63) is 18.2 Å². The van der Waals surface area contributed by atoms with E-state index in [1.54, 1.807) is 0 Å². The zero-order valence-corrected chi connectivity index (χ0v) is 15.5. The van der Waals surface area contributed by atoms with Gasteiger partial charge >= 0.3 is 6.01 Å². The molecule has 15 heteroatoms. The van der Waals surface area contributed by atoms with E-state index < -0.39 is 35.7 Å². The van der Waals surface area contributed by atoms with Gasteiger partial charge in [0, 0.05) is 13.1 Å². The molecule has 0 radical (unpaired) electrons. The van der Waals surface area contributed by atoms with E-state index >= 15 is 0 Å². The quantitative estimate of drug-likeness (QED) is 0.341. The van der Waals surface area contributed by atoms with Crippen LogP contribution in [0, 0.1) is 0 Å². The summed E-state index contributed by atoms with van der Waals surface area (Å²) in [5.74, 6) is -0.173. The van der Waals surface area contributed by atoms with Crippen molar-refractivity contribution in [2.75, 3.05) is 30.8 Å². The summed E-state index contributed by atoms with van der Waals surface area (Å²) in [5, 5.41) is 5.22. The summed E-state index contributed by atoms with van der Waals surface area (Å²) in [5.41, 5.74) is 4.98. The van der Waals surface area contributed by atoms with Crippen LogP contribution in [0.5, 0.6) is 6.01 Å². The van der Waals surface area contributed by atoms with Crippen LogP contribution in [0.25, 0.3) is 0 Å². The van der Waals surface area contributed by atoms with Crippen LogP contribution in [-0.4, -0.2) is 61.1 Å². The lowest BCUT2D eigenvalue weighted by atomic mass is 10.3. The van der Waals surface area contributed by atoms with Gasteiger partial charge in [-0.25, -0.2) is 0 Å². The molecule has 0 aliphatic carbocycles. The summed E-state index contributed by atoms with van der Waals surface area (Å²) in [4.78, 5) is 10.4. The molecule has 0 fully saturated rings. The largest absolute Gasteiger partial charge is 0.467 e. The summed E-state index contributed by atoms with van der Waals surface area (Å²) in [6.45, 7) is 0.598. The molecule has 148 valence electrons. The lowest BCUT2D eigenvalue weighted by molar-refractivity contribution is 0.379. The molecule has 0 aliphatic heterocycles. The van der Waals surface area contributed by atoms with E-state index in [1.807, 2.05) is 0 Å². The van der Waals surface area contributed by atoms with Crippen LogP contribution in [0.3, 0.4) is 0 Å². The highest BCUT2D eigenvalue weighted by Crippen LogP contribution is 2.27.